The summed E-state index contributed by atoms with van der Waals surface area (Å²) in [5, 5.41) is 23.9. The summed E-state index contributed by atoms with van der Waals surface area (Å²) in [5.41, 5.74) is 4.28. The SMILES string of the molecule is Cc1ccc(Oc2ccc3c(c2)C[C@@H](NC[C@@H](O)c2ccc(Cl)cc2)CC3)cc1C(=O)O. The topological polar surface area (TPSA) is 78.8 Å². The van der Waals surface area contributed by atoms with E-state index in [9.17, 15) is 15.0 Å². The maximum atomic E-state index is 11.4. The third-order valence-electron chi connectivity index (χ3n) is 5.94. The van der Waals surface area contributed by atoms with Crippen LogP contribution in [0.2, 0.25) is 5.02 Å². The highest BCUT2D eigenvalue weighted by Crippen LogP contribution is 2.30. The predicted octanol–water partition coefficient (Wildman–Crippen LogP) is 5.32. The van der Waals surface area contributed by atoms with Gasteiger partial charge in [-0.3, -0.25) is 0 Å². The second-order valence-corrected chi connectivity index (χ2v) is 8.67. The van der Waals surface area contributed by atoms with Gasteiger partial charge in [-0.2, -0.15) is 0 Å². The third-order valence-corrected chi connectivity index (χ3v) is 6.19. The van der Waals surface area contributed by atoms with Crippen LogP contribution in [0.4, 0.5) is 0 Å². The summed E-state index contributed by atoms with van der Waals surface area (Å²) >= 11 is 5.92. The van der Waals surface area contributed by atoms with Crippen LogP contribution in [-0.2, 0) is 12.8 Å². The van der Waals surface area contributed by atoms with E-state index in [0.29, 0.717) is 28.6 Å². The minimum atomic E-state index is -0.965. The van der Waals surface area contributed by atoms with E-state index in [2.05, 4.69) is 11.4 Å². The zero-order chi connectivity index (χ0) is 22.7. The number of aryl methyl sites for hydroxylation is 2. The van der Waals surface area contributed by atoms with Gasteiger partial charge in [0.15, 0.2) is 0 Å². The quantitative estimate of drug-likeness (QED) is 0.453. The van der Waals surface area contributed by atoms with Gasteiger partial charge in [0.05, 0.1) is 11.7 Å². The molecule has 32 heavy (non-hydrogen) atoms. The van der Waals surface area contributed by atoms with Crippen molar-refractivity contribution in [3.8, 4) is 11.5 Å². The highest BCUT2D eigenvalue weighted by molar-refractivity contribution is 6.30. The van der Waals surface area contributed by atoms with Gasteiger partial charge in [0, 0.05) is 17.6 Å². The lowest BCUT2D eigenvalue weighted by Gasteiger charge is -2.27. The highest BCUT2D eigenvalue weighted by Gasteiger charge is 2.20. The monoisotopic (exact) mass is 451 g/mol. The lowest BCUT2D eigenvalue weighted by atomic mass is 9.88. The van der Waals surface area contributed by atoms with Crippen molar-refractivity contribution in [1.29, 1.82) is 0 Å². The molecule has 0 saturated heterocycles. The van der Waals surface area contributed by atoms with E-state index >= 15 is 0 Å². The van der Waals surface area contributed by atoms with Crippen molar-refractivity contribution in [3.63, 3.8) is 0 Å². The van der Waals surface area contributed by atoms with Gasteiger partial charge in [0.25, 0.3) is 0 Å². The molecule has 1 aliphatic carbocycles. The van der Waals surface area contributed by atoms with E-state index in [1.807, 2.05) is 24.3 Å². The lowest BCUT2D eigenvalue weighted by molar-refractivity contribution is 0.0695. The number of halogens is 1. The maximum absolute atomic E-state index is 11.4. The number of fused-ring (bicyclic) bond motifs is 1. The van der Waals surface area contributed by atoms with E-state index in [1.54, 1.807) is 37.3 Å². The van der Waals surface area contributed by atoms with Crippen molar-refractivity contribution >= 4 is 17.6 Å². The molecule has 2 atom stereocenters. The molecule has 6 heteroatoms. The number of hydrogen-bond acceptors (Lipinski definition) is 4. The number of rotatable bonds is 7. The second-order valence-electron chi connectivity index (χ2n) is 8.23. The van der Waals surface area contributed by atoms with E-state index in [1.165, 1.54) is 11.1 Å². The molecule has 3 aromatic rings. The Kier molecular flexibility index (Phi) is 6.80. The fourth-order valence-corrected chi connectivity index (χ4v) is 4.21. The molecule has 0 amide bonds. The minimum Gasteiger partial charge on any atom is -0.478 e. The zero-order valence-electron chi connectivity index (χ0n) is 17.8. The van der Waals surface area contributed by atoms with Gasteiger partial charge < -0.3 is 20.3 Å². The predicted molar refractivity (Wildman–Crippen MR) is 125 cm³/mol. The van der Waals surface area contributed by atoms with Crippen LogP contribution >= 0.6 is 11.6 Å². The summed E-state index contributed by atoms with van der Waals surface area (Å²) < 4.78 is 5.96. The van der Waals surface area contributed by atoms with Crippen molar-refractivity contribution in [2.24, 2.45) is 0 Å². The Labute approximate surface area is 192 Å². The van der Waals surface area contributed by atoms with E-state index in [4.69, 9.17) is 16.3 Å². The standard InChI is InChI=1S/C26H26ClNO4/c1-16-2-10-23(14-24(16)26(30)31)32-22-11-6-17-5-9-21(12-19(17)13-22)28-15-25(29)18-3-7-20(27)8-4-18/h2-4,6-8,10-11,13-14,21,25,28-29H,5,9,12,15H2,1H3,(H,30,31)/t21-,25+/m0/s1. The molecule has 1 aliphatic rings. The van der Waals surface area contributed by atoms with Crippen molar-refractivity contribution in [2.75, 3.05) is 6.54 Å². The summed E-state index contributed by atoms with van der Waals surface area (Å²) in [4.78, 5) is 11.4. The molecule has 0 unspecified atom stereocenters. The average Bonchev–Trinajstić information content (AvgIpc) is 2.78. The molecule has 0 saturated carbocycles. The van der Waals surface area contributed by atoms with Crippen molar-refractivity contribution in [2.45, 2.75) is 38.3 Å². The third kappa shape index (κ3) is 5.30. The number of hydrogen-bond donors (Lipinski definition) is 3. The molecule has 0 bridgehead atoms. The van der Waals surface area contributed by atoms with E-state index in [-0.39, 0.29) is 11.6 Å². The largest absolute Gasteiger partial charge is 0.478 e. The first-order valence-corrected chi connectivity index (χ1v) is 11.1. The molecule has 0 aromatic heterocycles. The van der Waals surface area contributed by atoms with Crippen molar-refractivity contribution in [1.82, 2.24) is 5.32 Å². The maximum Gasteiger partial charge on any atom is 0.336 e. The molecule has 0 radical (unpaired) electrons. The minimum absolute atomic E-state index is 0.240. The Bertz CT molecular complexity index is 1110. The Balaban J connectivity index is 1.40. The number of aromatic carboxylic acids is 1. The van der Waals surface area contributed by atoms with Crippen LogP contribution in [0.25, 0.3) is 0 Å². The van der Waals surface area contributed by atoms with Gasteiger partial charge in [-0.15, -0.1) is 0 Å². The number of nitrogens with one attached hydrogen (secondary N) is 1. The molecule has 5 nitrogen and oxygen atoms in total. The number of benzene rings is 3. The molecule has 0 aliphatic heterocycles. The number of carboxylic acid groups (broad SMARTS) is 1. The van der Waals surface area contributed by atoms with Crippen molar-refractivity contribution < 1.29 is 19.7 Å². The molecular formula is C26H26ClNO4. The Morgan fingerprint density at radius 1 is 1.09 bits per heavy atom. The number of carbonyl (C=O) groups is 1. The summed E-state index contributed by atoms with van der Waals surface area (Å²) in [7, 11) is 0. The van der Waals surface area contributed by atoms with Gasteiger partial charge in [0.1, 0.15) is 11.5 Å². The van der Waals surface area contributed by atoms with Crippen LogP contribution in [-0.4, -0.2) is 28.8 Å². The van der Waals surface area contributed by atoms with Crippen molar-refractivity contribution in [3.05, 3.63) is 93.5 Å². The molecule has 0 fully saturated rings. The summed E-state index contributed by atoms with van der Waals surface area (Å²) in [6.07, 6.45) is 2.21. The Hall–Kier alpha value is -2.86. The van der Waals surface area contributed by atoms with Gasteiger partial charge >= 0.3 is 5.97 Å². The van der Waals surface area contributed by atoms with Gasteiger partial charge in [-0.05, 0) is 84.8 Å². The summed E-state index contributed by atoms with van der Waals surface area (Å²) in [5.74, 6) is 0.225. The molecule has 3 aromatic carbocycles. The van der Waals surface area contributed by atoms with Crippen LogP contribution < -0.4 is 10.1 Å². The van der Waals surface area contributed by atoms with Gasteiger partial charge in [-0.1, -0.05) is 35.9 Å². The van der Waals surface area contributed by atoms with E-state index < -0.39 is 12.1 Å². The zero-order valence-corrected chi connectivity index (χ0v) is 18.6. The van der Waals surface area contributed by atoms with Crippen LogP contribution in [0, 0.1) is 6.92 Å². The van der Waals surface area contributed by atoms with E-state index in [0.717, 1.165) is 24.8 Å². The molecular weight excluding hydrogens is 426 g/mol. The fourth-order valence-electron chi connectivity index (χ4n) is 4.08. The van der Waals surface area contributed by atoms with Gasteiger partial charge in [0.2, 0.25) is 0 Å². The first-order chi connectivity index (χ1) is 15.4. The number of ether oxygens (including phenoxy) is 1. The smallest absolute Gasteiger partial charge is 0.336 e. The normalized spacial score (nSPS) is 16.3. The Morgan fingerprint density at radius 2 is 1.81 bits per heavy atom. The molecule has 0 heterocycles. The Morgan fingerprint density at radius 3 is 2.56 bits per heavy atom. The van der Waals surface area contributed by atoms with Crippen LogP contribution in [0.15, 0.2) is 60.7 Å². The second kappa shape index (κ2) is 9.74. The summed E-state index contributed by atoms with van der Waals surface area (Å²) in [6, 6.07) is 18.6. The molecule has 3 N–H and O–H groups in total. The van der Waals surface area contributed by atoms with Crippen LogP contribution in [0.3, 0.4) is 0 Å². The number of aliphatic hydroxyl groups excluding tert-OH is 1. The molecule has 166 valence electrons. The summed E-state index contributed by atoms with van der Waals surface area (Å²) in [6.45, 7) is 2.24. The number of carboxylic acids is 1. The molecule has 0 spiro atoms. The van der Waals surface area contributed by atoms with Crippen LogP contribution in [0.5, 0.6) is 11.5 Å². The highest BCUT2D eigenvalue weighted by atomic mass is 35.5. The first-order valence-electron chi connectivity index (χ1n) is 10.7. The fraction of sp³-hybridized carbons (Fsp3) is 0.269. The first kappa shape index (κ1) is 22.3. The lowest BCUT2D eigenvalue weighted by Crippen LogP contribution is -2.37. The van der Waals surface area contributed by atoms with Gasteiger partial charge in [-0.25, -0.2) is 4.79 Å². The molecule has 4 rings (SSSR count). The average molecular weight is 452 g/mol. The number of aliphatic hydroxyl groups is 1. The van der Waals surface area contributed by atoms with Crippen LogP contribution in [0.1, 0.15) is 45.1 Å².